The number of hydrogen-bond donors (Lipinski definition) is 0. The van der Waals surface area contributed by atoms with E-state index in [1.807, 2.05) is 23.5 Å². The zero-order valence-electron chi connectivity index (χ0n) is 6.91. The lowest BCUT2D eigenvalue weighted by molar-refractivity contribution is -0.121. The van der Waals surface area contributed by atoms with E-state index >= 15 is 0 Å². The van der Waals surface area contributed by atoms with Crippen molar-refractivity contribution in [3.05, 3.63) is 0 Å². The van der Waals surface area contributed by atoms with Crippen LogP contribution in [0.25, 0.3) is 0 Å². The first kappa shape index (κ1) is 7.74. The summed E-state index contributed by atoms with van der Waals surface area (Å²) in [6.07, 6.45) is 3.71. The topological polar surface area (TPSA) is 17.1 Å². The lowest BCUT2D eigenvalue weighted by Gasteiger charge is -2.29. The molecule has 0 aromatic carbocycles. The third-order valence-corrected chi connectivity index (χ3v) is 7.11. The predicted octanol–water partition coefficient (Wildman–Crippen LogP) is 2.16. The van der Waals surface area contributed by atoms with Crippen molar-refractivity contribution >= 4 is 29.3 Å². The van der Waals surface area contributed by atoms with Crippen molar-refractivity contribution in [2.75, 3.05) is 11.5 Å². The number of thioether (sulfide) groups is 2. The van der Waals surface area contributed by atoms with Crippen LogP contribution in [-0.2, 0) is 4.79 Å². The molecule has 0 amide bonds. The zero-order valence-corrected chi connectivity index (χ0v) is 8.55. The highest BCUT2D eigenvalue weighted by atomic mass is 32.2. The van der Waals surface area contributed by atoms with Crippen LogP contribution in [0.1, 0.15) is 19.3 Å². The van der Waals surface area contributed by atoms with Crippen LogP contribution in [0.15, 0.2) is 0 Å². The third-order valence-electron chi connectivity index (χ3n) is 3.40. The van der Waals surface area contributed by atoms with Gasteiger partial charge in [-0.3, -0.25) is 4.79 Å². The van der Waals surface area contributed by atoms with Crippen molar-refractivity contribution in [2.24, 2.45) is 11.8 Å². The van der Waals surface area contributed by atoms with Crippen LogP contribution in [0.2, 0.25) is 0 Å². The van der Waals surface area contributed by atoms with Gasteiger partial charge in [0.1, 0.15) is 4.08 Å². The Hall–Kier alpha value is 0.370. The fraction of sp³-hybridized carbons (Fsp3) is 0.889. The maximum absolute atomic E-state index is 11.9. The molecule has 2 atom stereocenters. The van der Waals surface area contributed by atoms with Crippen LogP contribution in [0.4, 0.5) is 0 Å². The summed E-state index contributed by atoms with van der Waals surface area (Å²) in [5, 5.41) is 0. The van der Waals surface area contributed by atoms with Crippen LogP contribution in [0, 0.1) is 11.8 Å². The fourth-order valence-electron chi connectivity index (χ4n) is 2.86. The Bertz CT molecular complexity index is 233. The SMILES string of the molecule is O=C1C2CCC(C2)C12SCCS2. The molecule has 2 bridgehead atoms. The monoisotopic (exact) mass is 200 g/mol. The second kappa shape index (κ2) is 2.44. The maximum atomic E-state index is 11.9. The average Bonchev–Trinajstić information content (AvgIpc) is 2.75. The van der Waals surface area contributed by atoms with Gasteiger partial charge in [0.05, 0.1) is 0 Å². The van der Waals surface area contributed by atoms with Crippen LogP contribution in [0.5, 0.6) is 0 Å². The summed E-state index contributed by atoms with van der Waals surface area (Å²) in [5.41, 5.74) is 0. The molecule has 3 rings (SSSR count). The van der Waals surface area contributed by atoms with Gasteiger partial charge in [0.25, 0.3) is 0 Å². The van der Waals surface area contributed by atoms with E-state index in [1.54, 1.807) is 0 Å². The summed E-state index contributed by atoms with van der Waals surface area (Å²) in [6.45, 7) is 0. The quantitative estimate of drug-likeness (QED) is 0.596. The lowest BCUT2D eigenvalue weighted by atomic mass is 9.98. The van der Waals surface area contributed by atoms with Crippen molar-refractivity contribution in [1.29, 1.82) is 0 Å². The van der Waals surface area contributed by atoms with Gasteiger partial charge in [-0.15, -0.1) is 23.5 Å². The van der Waals surface area contributed by atoms with Crippen LogP contribution < -0.4 is 0 Å². The Labute approximate surface area is 81.0 Å². The highest BCUT2D eigenvalue weighted by Crippen LogP contribution is 2.62. The number of ketones is 1. The molecule has 2 aliphatic carbocycles. The van der Waals surface area contributed by atoms with E-state index in [1.165, 1.54) is 30.8 Å². The van der Waals surface area contributed by atoms with Gasteiger partial charge in [-0.25, -0.2) is 0 Å². The number of carbonyl (C=O) groups is 1. The molecule has 2 saturated carbocycles. The van der Waals surface area contributed by atoms with Crippen LogP contribution in [0.3, 0.4) is 0 Å². The van der Waals surface area contributed by atoms with E-state index < -0.39 is 0 Å². The number of hydrogen-bond acceptors (Lipinski definition) is 3. The maximum Gasteiger partial charge on any atom is 0.162 e. The smallest absolute Gasteiger partial charge is 0.162 e. The third kappa shape index (κ3) is 0.771. The second-order valence-corrected chi connectivity index (χ2v) is 6.88. The standard InChI is InChI=1S/C9H12OS2/c10-8-6-1-2-7(5-6)9(8)11-3-4-12-9/h6-7H,1-5H2. The molecule has 1 heterocycles. The molecule has 3 heteroatoms. The summed E-state index contributed by atoms with van der Waals surface area (Å²) < 4.78 is 0.0584. The zero-order chi connectivity index (χ0) is 8.18. The summed E-state index contributed by atoms with van der Waals surface area (Å²) in [7, 11) is 0. The van der Waals surface area contributed by atoms with Crippen molar-refractivity contribution in [2.45, 2.75) is 23.3 Å². The van der Waals surface area contributed by atoms with Crippen molar-refractivity contribution in [3.8, 4) is 0 Å². The molecule has 3 fully saturated rings. The van der Waals surface area contributed by atoms with E-state index in [-0.39, 0.29) is 4.08 Å². The van der Waals surface area contributed by atoms with Gasteiger partial charge in [-0.1, -0.05) is 0 Å². The van der Waals surface area contributed by atoms with Crippen LogP contribution >= 0.6 is 23.5 Å². The Morgan fingerprint density at radius 3 is 2.58 bits per heavy atom. The molecule has 0 aromatic heterocycles. The van der Waals surface area contributed by atoms with Crippen molar-refractivity contribution < 1.29 is 4.79 Å². The highest BCUT2D eigenvalue weighted by molar-refractivity contribution is 8.22. The Balaban J connectivity index is 1.99. The first-order valence-electron chi connectivity index (χ1n) is 4.65. The van der Waals surface area contributed by atoms with Gasteiger partial charge in [-0.2, -0.15) is 0 Å². The summed E-state index contributed by atoms with van der Waals surface area (Å²) in [6, 6.07) is 0. The van der Waals surface area contributed by atoms with Gasteiger partial charge in [0.2, 0.25) is 0 Å². The summed E-state index contributed by atoms with van der Waals surface area (Å²) in [4.78, 5) is 11.9. The molecule has 1 aliphatic heterocycles. The van der Waals surface area contributed by atoms with Gasteiger partial charge < -0.3 is 0 Å². The molecule has 12 heavy (non-hydrogen) atoms. The molecule has 1 saturated heterocycles. The molecule has 66 valence electrons. The first-order chi connectivity index (χ1) is 5.83. The Morgan fingerprint density at radius 1 is 1.25 bits per heavy atom. The van der Waals surface area contributed by atoms with Crippen LogP contribution in [-0.4, -0.2) is 21.4 Å². The molecule has 0 aromatic rings. The van der Waals surface area contributed by atoms with E-state index in [4.69, 9.17) is 0 Å². The largest absolute Gasteiger partial charge is 0.297 e. The van der Waals surface area contributed by atoms with Gasteiger partial charge >= 0.3 is 0 Å². The van der Waals surface area contributed by atoms with E-state index in [0.29, 0.717) is 11.7 Å². The van der Waals surface area contributed by atoms with Gasteiger partial charge in [0.15, 0.2) is 5.78 Å². The predicted molar refractivity (Wildman–Crippen MR) is 53.5 cm³/mol. The second-order valence-electron chi connectivity index (χ2n) is 3.94. The van der Waals surface area contributed by atoms with Crippen molar-refractivity contribution in [1.82, 2.24) is 0 Å². The molecule has 1 nitrogen and oxygen atoms in total. The molecule has 0 N–H and O–H groups in total. The molecular formula is C9H12OS2. The molecular weight excluding hydrogens is 188 g/mol. The minimum absolute atomic E-state index is 0.0584. The van der Waals surface area contributed by atoms with E-state index in [2.05, 4.69) is 0 Å². The number of carbonyl (C=O) groups excluding carboxylic acids is 1. The van der Waals surface area contributed by atoms with Gasteiger partial charge in [0, 0.05) is 17.4 Å². The average molecular weight is 200 g/mol. The van der Waals surface area contributed by atoms with E-state index in [9.17, 15) is 4.79 Å². The Morgan fingerprint density at radius 2 is 2.00 bits per heavy atom. The number of Topliss-reactive ketones (excluding diaryl/α,β-unsaturated/α-hetero) is 1. The first-order valence-corrected chi connectivity index (χ1v) is 6.62. The van der Waals surface area contributed by atoms with E-state index in [0.717, 1.165) is 5.92 Å². The molecule has 3 aliphatic rings. The fourth-order valence-corrected chi connectivity index (χ4v) is 6.48. The summed E-state index contributed by atoms with van der Waals surface area (Å²) in [5.74, 6) is 4.16. The lowest BCUT2D eigenvalue weighted by Crippen LogP contribution is -2.35. The minimum Gasteiger partial charge on any atom is -0.297 e. The summed E-state index contributed by atoms with van der Waals surface area (Å²) >= 11 is 3.87. The van der Waals surface area contributed by atoms with Crippen molar-refractivity contribution in [3.63, 3.8) is 0 Å². The normalized spacial score (nSPS) is 43.2. The Kier molecular flexibility index (Phi) is 1.58. The molecule has 0 radical (unpaired) electrons. The number of fused-ring (bicyclic) bond motifs is 3. The minimum atomic E-state index is 0.0584. The number of rotatable bonds is 0. The molecule has 2 unspecified atom stereocenters. The van der Waals surface area contributed by atoms with Gasteiger partial charge in [-0.05, 0) is 25.2 Å². The molecule has 1 spiro atoms. The highest BCUT2D eigenvalue weighted by Gasteiger charge is 2.60.